The van der Waals surface area contributed by atoms with Crippen molar-refractivity contribution in [2.75, 3.05) is 37.6 Å². The van der Waals surface area contributed by atoms with Crippen molar-refractivity contribution in [1.82, 2.24) is 0 Å². The summed E-state index contributed by atoms with van der Waals surface area (Å²) in [5, 5.41) is 2.85. The van der Waals surface area contributed by atoms with Gasteiger partial charge in [0.25, 0.3) is 0 Å². The first kappa shape index (κ1) is 19.5. The molecule has 0 aromatic heterocycles. The van der Waals surface area contributed by atoms with Gasteiger partial charge in [-0.25, -0.2) is 0 Å². The van der Waals surface area contributed by atoms with Crippen molar-refractivity contribution in [2.24, 2.45) is 5.92 Å². The van der Waals surface area contributed by atoms with Crippen molar-refractivity contribution < 1.29 is 23.8 Å². The third-order valence-corrected chi connectivity index (χ3v) is 4.57. The first-order chi connectivity index (χ1) is 13.5. The molecule has 1 N–H and O–H groups in total. The van der Waals surface area contributed by atoms with Gasteiger partial charge in [0.15, 0.2) is 0 Å². The third kappa shape index (κ3) is 4.36. The zero-order valence-corrected chi connectivity index (χ0v) is 16.2. The van der Waals surface area contributed by atoms with Crippen molar-refractivity contribution in [3.05, 3.63) is 42.5 Å². The summed E-state index contributed by atoms with van der Waals surface area (Å²) in [6.07, 6.45) is 0.167. The Kier molecular flexibility index (Phi) is 6.03. The maximum atomic E-state index is 12.7. The number of anilines is 2. The van der Waals surface area contributed by atoms with Crippen LogP contribution in [0, 0.1) is 5.92 Å². The summed E-state index contributed by atoms with van der Waals surface area (Å²) < 4.78 is 15.9. The van der Waals surface area contributed by atoms with Crippen LogP contribution in [-0.4, -0.2) is 39.2 Å². The molecule has 148 valence electrons. The first-order valence-electron chi connectivity index (χ1n) is 9.11. The molecule has 2 aromatic carbocycles. The van der Waals surface area contributed by atoms with Crippen LogP contribution < -0.4 is 24.4 Å². The van der Waals surface area contributed by atoms with Crippen LogP contribution in [0.2, 0.25) is 0 Å². The molecule has 1 aliphatic heterocycles. The summed E-state index contributed by atoms with van der Waals surface area (Å²) in [4.78, 5) is 26.7. The molecule has 1 saturated heterocycles. The Balaban J connectivity index is 1.68. The van der Waals surface area contributed by atoms with E-state index in [4.69, 9.17) is 14.2 Å². The standard InChI is InChI=1S/C21H24N2O5/c1-4-28-17-7-5-16(6-8-17)23-13-14(9-20(23)24)21(25)22-15-10-18(26-2)12-19(11-15)27-3/h5-8,10-12,14H,4,9,13H2,1-3H3,(H,22,25)/t14-/m0/s1. The monoisotopic (exact) mass is 384 g/mol. The van der Waals surface area contributed by atoms with Crippen molar-refractivity contribution in [1.29, 1.82) is 0 Å². The van der Waals surface area contributed by atoms with Gasteiger partial charge in [0, 0.05) is 42.5 Å². The van der Waals surface area contributed by atoms with E-state index in [0.717, 1.165) is 11.4 Å². The van der Waals surface area contributed by atoms with Gasteiger partial charge in [-0.2, -0.15) is 0 Å². The number of carbonyl (C=O) groups excluding carboxylic acids is 2. The predicted molar refractivity (Wildman–Crippen MR) is 106 cm³/mol. The molecule has 0 spiro atoms. The summed E-state index contributed by atoms with van der Waals surface area (Å²) in [7, 11) is 3.09. The van der Waals surface area contributed by atoms with Crippen LogP contribution in [0.3, 0.4) is 0 Å². The van der Waals surface area contributed by atoms with E-state index in [1.54, 1.807) is 37.3 Å². The van der Waals surface area contributed by atoms with Gasteiger partial charge >= 0.3 is 0 Å². The number of amides is 2. The van der Waals surface area contributed by atoms with Gasteiger partial charge in [0.2, 0.25) is 11.8 Å². The van der Waals surface area contributed by atoms with Crippen LogP contribution in [0.5, 0.6) is 17.2 Å². The number of nitrogens with one attached hydrogen (secondary N) is 1. The number of methoxy groups -OCH3 is 2. The minimum absolute atomic E-state index is 0.0764. The summed E-state index contributed by atoms with van der Waals surface area (Å²) >= 11 is 0. The lowest BCUT2D eigenvalue weighted by Crippen LogP contribution is -2.28. The number of hydrogen-bond acceptors (Lipinski definition) is 5. The van der Waals surface area contributed by atoms with E-state index >= 15 is 0 Å². The highest BCUT2D eigenvalue weighted by molar-refractivity contribution is 6.03. The molecule has 0 unspecified atom stereocenters. The largest absolute Gasteiger partial charge is 0.497 e. The van der Waals surface area contributed by atoms with Crippen LogP contribution >= 0.6 is 0 Å². The molecule has 7 nitrogen and oxygen atoms in total. The van der Waals surface area contributed by atoms with Gasteiger partial charge in [-0.3, -0.25) is 9.59 Å². The van der Waals surface area contributed by atoms with Crippen molar-refractivity contribution >= 4 is 23.2 Å². The molecule has 1 heterocycles. The molecule has 1 atom stereocenters. The van der Waals surface area contributed by atoms with Crippen LogP contribution in [0.1, 0.15) is 13.3 Å². The number of hydrogen-bond donors (Lipinski definition) is 1. The average Bonchev–Trinajstić information content (AvgIpc) is 3.10. The number of carbonyl (C=O) groups is 2. The molecule has 0 radical (unpaired) electrons. The molecule has 3 rings (SSSR count). The fourth-order valence-corrected chi connectivity index (χ4v) is 3.15. The fraction of sp³-hybridized carbons (Fsp3) is 0.333. The smallest absolute Gasteiger partial charge is 0.229 e. The van der Waals surface area contributed by atoms with E-state index in [1.807, 2.05) is 31.2 Å². The van der Waals surface area contributed by atoms with Crippen molar-refractivity contribution in [3.63, 3.8) is 0 Å². The molecule has 1 fully saturated rings. The van der Waals surface area contributed by atoms with Crippen LogP contribution in [0.4, 0.5) is 11.4 Å². The lowest BCUT2D eigenvalue weighted by Gasteiger charge is -2.17. The SMILES string of the molecule is CCOc1ccc(N2C[C@@H](C(=O)Nc3cc(OC)cc(OC)c3)CC2=O)cc1. The van der Waals surface area contributed by atoms with Crippen LogP contribution in [-0.2, 0) is 9.59 Å². The van der Waals surface area contributed by atoms with E-state index in [2.05, 4.69) is 5.32 Å². The second kappa shape index (κ2) is 8.65. The van der Waals surface area contributed by atoms with Gasteiger partial charge in [-0.1, -0.05) is 0 Å². The van der Waals surface area contributed by atoms with Gasteiger partial charge < -0.3 is 24.4 Å². The highest BCUT2D eigenvalue weighted by Gasteiger charge is 2.35. The topological polar surface area (TPSA) is 77.1 Å². The molecule has 7 heteroatoms. The molecule has 0 bridgehead atoms. The summed E-state index contributed by atoms with van der Waals surface area (Å²) in [5.41, 5.74) is 1.32. The Bertz CT molecular complexity index is 828. The Morgan fingerprint density at radius 2 is 1.71 bits per heavy atom. The summed E-state index contributed by atoms with van der Waals surface area (Å²) in [5.74, 6) is 1.18. The highest BCUT2D eigenvalue weighted by atomic mass is 16.5. The molecule has 2 aromatic rings. The second-order valence-electron chi connectivity index (χ2n) is 6.42. The van der Waals surface area contributed by atoms with E-state index < -0.39 is 5.92 Å². The summed E-state index contributed by atoms with van der Waals surface area (Å²) in [6.45, 7) is 2.83. The molecule has 0 aliphatic carbocycles. The molecular formula is C21H24N2O5. The zero-order valence-electron chi connectivity index (χ0n) is 16.2. The van der Waals surface area contributed by atoms with E-state index in [0.29, 0.717) is 30.3 Å². The lowest BCUT2D eigenvalue weighted by atomic mass is 10.1. The maximum Gasteiger partial charge on any atom is 0.229 e. The Morgan fingerprint density at radius 3 is 2.29 bits per heavy atom. The fourth-order valence-electron chi connectivity index (χ4n) is 3.15. The maximum absolute atomic E-state index is 12.7. The number of ether oxygens (including phenoxy) is 3. The van der Waals surface area contributed by atoms with Crippen LogP contribution in [0.25, 0.3) is 0 Å². The molecule has 1 aliphatic rings. The molecular weight excluding hydrogens is 360 g/mol. The quantitative estimate of drug-likeness (QED) is 0.794. The second-order valence-corrected chi connectivity index (χ2v) is 6.42. The first-order valence-corrected chi connectivity index (χ1v) is 9.11. The summed E-state index contributed by atoms with van der Waals surface area (Å²) in [6, 6.07) is 12.4. The zero-order chi connectivity index (χ0) is 20.1. The Hall–Kier alpha value is -3.22. The Labute approximate surface area is 164 Å². The number of rotatable bonds is 7. The third-order valence-electron chi connectivity index (χ3n) is 4.57. The molecule has 0 saturated carbocycles. The van der Waals surface area contributed by atoms with E-state index in [1.165, 1.54) is 0 Å². The molecule has 28 heavy (non-hydrogen) atoms. The van der Waals surface area contributed by atoms with E-state index in [9.17, 15) is 9.59 Å². The van der Waals surface area contributed by atoms with Gasteiger partial charge in [0.1, 0.15) is 17.2 Å². The predicted octanol–water partition coefficient (Wildman–Crippen LogP) is 3.09. The Morgan fingerprint density at radius 1 is 1.07 bits per heavy atom. The molecule has 2 amide bonds. The van der Waals surface area contributed by atoms with Gasteiger partial charge in [-0.05, 0) is 31.2 Å². The van der Waals surface area contributed by atoms with E-state index in [-0.39, 0.29) is 18.2 Å². The number of benzene rings is 2. The van der Waals surface area contributed by atoms with Crippen molar-refractivity contribution in [2.45, 2.75) is 13.3 Å². The van der Waals surface area contributed by atoms with Crippen LogP contribution in [0.15, 0.2) is 42.5 Å². The lowest BCUT2D eigenvalue weighted by molar-refractivity contribution is -0.122. The highest BCUT2D eigenvalue weighted by Crippen LogP contribution is 2.29. The minimum Gasteiger partial charge on any atom is -0.497 e. The minimum atomic E-state index is -0.434. The van der Waals surface area contributed by atoms with Gasteiger partial charge in [0.05, 0.1) is 26.7 Å². The van der Waals surface area contributed by atoms with Gasteiger partial charge in [-0.15, -0.1) is 0 Å². The number of nitrogens with zero attached hydrogens (tertiary/aromatic N) is 1. The normalized spacial score (nSPS) is 16.0. The van der Waals surface area contributed by atoms with Crippen molar-refractivity contribution in [3.8, 4) is 17.2 Å². The average molecular weight is 384 g/mol.